The van der Waals surface area contributed by atoms with Gasteiger partial charge in [0.25, 0.3) is 11.7 Å². The Morgan fingerprint density at radius 2 is 2.05 bits per heavy atom. The molecule has 108 valence electrons. The van der Waals surface area contributed by atoms with Crippen LogP contribution >= 0.6 is 0 Å². The fraction of sp³-hybridized carbons (Fsp3) is 0.400. The van der Waals surface area contributed by atoms with Crippen LogP contribution in [0.3, 0.4) is 0 Å². The van der Waals surface area contributed by atoms with Crippen LogP contribution in [0.2, 0.25) is 0 Å². The van der Waals surface area contributed by atoms with Gasteiger partial charge >= 0.3 is 0 Å². The van der Waals surface area contributed by atoms with Crippen LogP contribution in [0.25, 0.3) is 0 Å². The number of aromatic nitrogens is 2. The van der Waals surface area contributed by atoms with E-state index in [1.165, 1.54) is 11.1 Å². The molecule has 2 aromatic rings. The molecule has 0 aliphatic carbocycles. The second-order valence-electron chi connectivity index (χ2n) is 5.54. The molecule has 2 aliphatic rings. The van der Waals surface area contributed by atoms with Gasteiger partial charge in [0, 0.05) is 13.1 Å². The van der Waals surface area contributed by atoms with Crippen molar-refractivity contribution < 1.29 is 9.32 Å². The molecular formula is C15H16N4O2. The molecule has 1 N–H and O–H groups in total. The third-order valence-electron chi connectivity index (χ3n) is 4.12. The quantitative estimate of drug-likeness (QED) is 0.908. The maximum absolute atomic E-state index is 12.5. The van der Waals surface area contributed by atoms with E-state index in [2.05, 4.69) is 15.5 Å². The predicted molar refractivity (Wildman–Crippen MR) is 74.3 cm³/mol. The van der Waals surface area contributed by atoms with Crippen molar-refractivity contribution in [3.05, 3.63) is 47.1 Å². The van der Waals surface area contributed by atoms with Crippen LogP contribution in [0.1, 0.15) is 46.5 Å². The van der Waals surface area contributed by atoms with E-state index in [0.717, 1.165) is 19.4 Å². The van der Waals surface area contributed by atoms with E-state index < -0.39 is 0 Å². The number of rotatable bonds is 2. The Balaban J connectivity index is 1.51. The fourth-order valence-corrected chi connectivity index (χ4v) is 2.98. The SMILES string of the molecule is O=C(c1noc(C2CCCN2)n1)N1Cc2ccccc2C1. The lowest BCUT2D eigenvalue weighted by Crippen LogP contribution is -2.26. The number of nitrogens with zero attached hydrogens (tertiary/aromatic N) is 3. The number of benzene rings is 1. The van der Waals surface area contributed by atoms with E-state index in [1.807, 2.05) is 24.3 Å². The smallest absolute Gasteiger partial charge is 0.295 e. The molecule has 3 heterocycles. The van der Waals surface area contributed by atoms with E-state index in [9.17, 15) is 4.79 Å². The Labute approximate surface area is 122 Å². The average Bonchev–Trinajstić information content (AvgIpc) is 3.24. The summed E-state index contributed by atoms with van der Waals surface area (Å²) in [7, 11) is 0. The number of carbonyl (C=O) groups excluding carboxylic acids is 1. The first-order chi connectivity index (χ1) is 10.3. The highest BCUT2D eigenvalue weighted by molar-refractivity contribution is 5.90. The van der Waals surface area contributed by atoms with E-state index in [4.69, 9.17) is 4.52 Å². The number of amides is 1. The zero-order valence-corrected chi connectivity index (χ0v) is 11.6. The van der Waals surface area contributed by atoms with Crippen molar-refractivity contribution in [1.82, 2.24) is 20.4 Å². The van der Waals surface area contributed by atoms with Gasteiger partial charge in [-0.05, 0) is 30.5 Å². The van der Waals surface area contributed by atoms with Gasteiger partial charge in [-0.2, -0.15) is 4.98 Å². The maximum atomic E-state index is 12.5. The van der Waals surface area contributed by atoms with Crippen LogP contribution in [0.15, 0.2) is 28.8 Å². The van der Waals surface area contributed by atoms with Crippen molar-refractivity contribution in [3.8, 4) is 0 Å². The first-order valence-corrected chi connectivity index (χ1v) is 7.24. The lowest BCUT2D eigenvalue weighted by Gasteiger charge is -2.12. The third-order valence-corrected chi connectivity index (χ3v) is 4.12. The molecule has 1 atom stereocenters. The van der Waals surface area contributed by atoms with Gasteiger partial charge in [-0.1, -0.05) is 29.4 Å². The summed E-state index contributed by atoms with van der Waals surface area (Å²) >= 11 is 0. The van der Waals surface area contributed by atoms with E-state index in [-0.39, 0.29) is 17.8 Å². The van der Waals surface area contributed by atoms with Gasteiger partial charge in [-0.15, -0.1) is 0 Å². The zero-order chi connectivity index (χ0) is 14.2. The van der Waals surface area contributed by atoms with Crippen molar-refractivity contribution in [2.75, 3.05) is 6.54 Å². The van der Waals surface area contributed by atoms with Crippen LogP contribution in [-0.4, -0.2) is 27.5 Å². The van der Waals surface area contributed by atoms with Gasteiger partial charge < -0.3 is 14.7 Å². The minimum atomic E-state index is -0.167. The van der Waals surface area contributed by atoms with Gasteiger partial charge in [-0.3, -0.25) is 4.79 Å². The Morgan fingerprint density at radius 1 is 1.29 bits per heavy atom. The average molecular weight is 284 g/mol. The summed E-state index contributed by atoms with van der Waals surface area (Å²) in [5.74, 6) is 0.512. The summed E-state index contributed by atoms with van der Waals surface area (Å²) in [5, 5.41) is 7.14. The molecule has 1 aromatic carbocycles. The summed E-state index contributed by atoms with van der Waals surface area (Å²) in [6.45, 7) is 2.18. The summed E-state index contributed by atoms with van der Waals surface area (Å²) in [5.41, 5.74) is 2.37. The first-order valence-electron chi connectivity index (χ1n) is 7.24. The molecule has 0 radical (unpaired) electrons. The Bertz CT molecular complexity index is 651. The molecule has 4 rings (SSSR count). The Hall–Kier alpha value is -2.21. The van der Waals surface area contributed by atoms with E-state index in [1.54, 1.807) is 4.90 Å². The maximum Gasteiger partial charge on any atom is 0.295 e. The van der Waals surface area contributed by atoms with Crippen molar-refractivity contribution in [2.24, 2.45) is 0 Å². The number of carbonyl (C=O) groups is 1. The summed E-state index contributed by atoms with van der Waals surface area (Å²) in [6, 6.07) is 8.17. The molecule has 1 saturated heterocycles. The van der Waals surface area contributed by atoms with Gasteiger partial charge in [0.1, 0.15) is 0 Å². The van der Waals surface area contributed by atoms with Crippen LogP contribution in [0.4, 0.5) is 0 Å². The predicted octanol–water partition coefficient (Wildman–Crippen LogP) is 1.65. The van der Waals surface area contributed by atoms with E-state index >= 15 is 0 Å². The number of fused-ring (bicyclic) bond motifs is 1. The standard InChI is InChI=1S/C15H16N4O2/c20-15(19-8-10-4-1-2-5-11(10)9-19)13-17-14(21-18-13)12-6-3-7-16-12/h1-2,4-5,12,16H,3,6-9H2. The molecule has 1 aromatic heterocycles. The van der Waals surface area contributed by atoms with Crippen LogP contribution in [0.5, 0.6) is 0 Å². The third kappa shape index (κ3) is 2.21. The lowest BCUT2D eigenvalue weighted by molar-refractivity contribution is 0.0735. The van der Waals surface area contributed by atoms with Gasteiger partial charge in [0.15, 0.2) is 0 Å². The molecule has 21 heavy (non-hydrogen) atoms. The van der Waals surface area contributed by atoms with Gasteiger partial charge in [0.2, 0.25) is 5.89 Å². The topological polar surface area (TPSA) is 71.3 Å². The molecule has 1 unspecified atom stereocenters. The monoisotopic (exact) mass is 284 g/mol. The van der Waals surface area contributed by atoms with Crippen LogP contribution in [-0.2, 0) is 13.1 Å². The van der Waals surface area contributed by atoms with Gasteiger partial charge in [0.05, 0.1) is 6.04 Å². The Morgan fingerprint density at radius 3 is 2.71 bits per heavy atom. The minimum Gasteiger partial charge on any atom is -0.337 e. The highest BCUT2D eigenvalue weighted by Crippen LogP contribution is 2.25. The second-order valence-corrected chi connectivity index (χ2v) is 5.54. The van der Waals surface area contributed by atoms with Crippen molar-refractivity contribution in [2.45, 2.75) is 32.0 Å². The molecule has 0 spiro atoms. The van der Waals surface area contributed by atoms with Crippen molar-refractivity contribution >= 4 is 5.91 Å². The highest BCUT2D eigenvalue weighted by atomic mass is 16.5. The van der Waals surface area contributed by atoms with Crippen LogP contribution in [0, 0.1) is 0 Å². The second kappa shape index (κ2) is 4.96. The molecule has 1 amide bonds. The molecule has 6 nitrogen and oxygen atoms in total. The van der Waals surface area contributed by atoms with Crippen LogP contribution < -0.4 is 5.32 Å². The normalized spacial score (nSPS) is 20.8. The molecule has 0 bridgehead atoms. The number of hydrogen-bond acceptors (Lipinski definition) is 5. The zero-order valence-electron chi connectivity index (χ0n) is 11.6. The molecule has 1 fully saturated rings. The van der Waals surface area contributed by atoms with Gasteiger partial charge in [-0.25, -0.2) is 0 Å². The summed E-state index contributed by atoms with van der Waals surface area (Å²) in [6.07, 6.45) is 2.07. The Kier molecular flexibility index (Phi) is 2.96. The lowest BCUT2D eigenvalue weighted by atomic mass is 10.1. The molecule has 0 saturated carbocycles. The van der Waals surface area contributed by atoms with Crippen molar-refractivity contribution in [3.63, 3.8) is 0 Å². The van der Waals surface area contributed by atoms with Crippen molar-refractivity contribution in [1.29, 1.82) is 0 Å². The first kappa shape index (κ1) is 12.5. The summed E-state index contributed by atoms with van der Waals surface area (Å²) in [4.78, 5) is 18.5. The fourth-order valence-electron chi connectivity index (χ4n) is 2.98. The summed E-state index contributed by atoms with van der Waals surface area (Å²) < 4.78 is 5.24. The molecular weight excluding hydrogens is 268 g/mol. The molecule has 2 aliphatic heterocycles. The minimum absolute atomic E-state index is 0.0924. The largest absolute Gasteiger partial charge is 0.337 e. The number of hydrogen-bond donors (Lipinski definition) is 1. The highest BCUT2D eigenvalue weighted by Gasteiger charge is 2.29. The van der Waals surface area contributed by atoms with E-state index in [0.29, 0.717) is 19.0 Å². The molecule has 6 heteroatoms. The number of nitrogens with one attached hydrogen (secondary N) is 1.